The van der Waals surface area contributed by atoms with Crippen molar-refractivity contribution in [3.63, 3.8) is 0 Å². The van der Waals surface area contributed by atoms with Crippen molar-refractivity contribution in [3.05, 3.63) is 355 Å². The molecule has 14 heterocycles. The van der Waals surface area contributed by atoms with Gasteiger partial charge in [-0.05, 0) is 123 Å². The maximum Gasteiger partial charge on any atom is 0.265 e. The fraction of sp³-hybridized carbons (Fsp3) is 0.148. The van der Waals surface area contributed by atoms with Gasteiger partial charge in [0.15, 0.2) is 16.9 Å². The predicted molar refractivity (Wildman–Crippen MR) is 525 cm³/mol. The van der Waals surface area contributed by atoms with Crippen LogP contribution in [-0.2, 0) is 6.42 Å². The Labute approximate surface area is 727 Å². The van der Waals surface area contributed by atoms with Crippen molar-refractivity contribution in [1.82, 2.24) is 66.9 Å². The van der Waals surface area contributed by atoms with E-state index in [4.69, 9.17) is 4.98 Å². The molecule has 19 nitrogen and oxygen atoms in total. The normalized spacial score (nSPS) is 11.5. The van der Waals surface area contributed by atoms with Crippen LogP contribution in [-0.4, -0.2) is 66.9 Å². The van der Waals surface area contributed by atoms with Crippen molar-refractivity contribution in [3.8, 4) is 11.1 Å². The maximum absolute atomic E-state index is 13.4. The Bertz CT molecular complexity index is 8160. The highest BCUT2D eigenvalue weighted by molar-refractivity contribution is 6.20. The molecule has 1 aliphatic carbocycles. The Morgan fingerprint density at radius 1 is 0.252 bits per heavy atom. The van der Waals surface area contributed by atoms with Crippen LogP contribution in [0.25, 0.3) is 203 Å². The standard InChI is InChI=1S/C25H14N2O.4C17H9N3O.5C3H8/c28-25-19-10-4-7-14-6-3-9-18(21(14)19)24-26-23-20(27(24)25)12-11-16-13-15-5-1-2-8-17(15)22(16)23;21-17-12-7-2-5-10-4-1-6-11(14(10)12)16-19-15-13(20(16)17)8-3-9-18-15;21-17-12-7-2-5-10-4-1-6-11(14(10)12)15-19-13-8-3-9-18-16(13)20(15)17;21-17-12-6-2-4-10-3-1-5-11(15(10)12)16-19-13-9-18-8-7-14(13)20(16)17;21-17-12-6-2-4-10-3-1-5-11(15(10)12)16-19-13-7-8-18-9-14(13)20(16)17;5*1-3-2/h1-12H,13H2;4*1-9H;5*3H2,1-2H3. The summed E-state index contributed by atoms with van der Waals surface area (Å²) in [5.74, 6) is 0. The second-order valence-electron chi connectivity index (χ2n) is 31.7. The molecule has 0 aliphatic heterocycles. The minimum Gasteiger partial charge on any atom is -0.268 e. The van der Waals surface area contributed by atoms with E-state index in [0.29, 0.717) is 39.3 Å². The second kappa shape index (κ2) is 34.9. The van der Waals surface area contributed by atoms with E-state index < -0.39 is 0 Å². The Morgan fingerprint density at radius 2 is 0.614 bits per heavy atom. The van der Waals surface area contributed by atoms with Crippen LogP contribution in [0.3, 0.4) is 0 Å². The van der Waals surface area contributed by atoms with Gasteiger partial charge in [-0.3, -0.25) is 51.5 Å². The van der Waals surface area contributed by atoms with Crippen molar-refractivity contribution in [2.75, 3.05) is 0 Å². The van der Waals surface area contributed by atoms with Gasteiger partial charge in [-0.2, -0.15) is 0 Å². The minimum atomic E-state index is -0.0597. The summed E-state index contributed by atoms with van der Waals surface area (Å²) in [4.78, 5) is 105. The van der Waals surface area contributed by atoms with Gasteiger partial charge in [0, 0.05) is 111 Å². The predicted octanol–water partition coefficient (Wildman–Crippen LogP) is 24.2. The van der Waals surface area contributed by atoms with E-state index in [-0.39, 0.29) is 27.8 Å². The molecule has 19 heteroatoms. The molecule has 0 spiro atoms. The Hall–Kier alpha value is -15.8. The molecular formula is C108H90N14O5. The zero-order valence-electron chi connectivity index (χ0n) is 72.3. The quantitative estimate of drug-likeness (QED) is 0.138. The molecule has 0 bridgehead atoms. The lowest BCUT2D eigenvalue weighted by Crippen LogP contribution is -2.13. The van der Waals surface area contributed by atoms with Crippen LogP contribution in [0.15, 0.2) is 316 Å². The molecule has 0 saturated carbocycles. The third-order valence-corrected chi connectivity index (χ3v) is 22.2. The smallest absolute Gasteiger partial charge is 0.265 e. The van der Waals surface area contributed by atoms with Crippen molar-refractivity contribution >= 4 is 191 Å². The molecule has 12 aromatic carbocycles. The summed E-state index contributed by atoms with van der Waals surface area (Å²) in [5.41, 5.74) is 16.0. The van der Waals surface area contributed by atoms with Crippen molar-refractivity contribution < 1.29 is 0 Å². The molecule has 14 aromatic heterocycles. The van der Waals surface area contributed by atoms with E-state index in [1.165, 1.54) is 54.4 Å². The number of pyridine rings is 9. The monoisotopic (exact) mass is 1660 g/mol. The number of benzene rings is 12. The molecule has 27 rings (SSSR count). The topological polar surface area (TPSA) is 223 Å². The molecule has 26 aromatic rings. The van der Waals surface area contributed by atoms with Crippen LogP contribution in [0.1, 0.15) is 112 Å². The summed E-state index contributed by atoms with van der Waals surface area (Å²) in [6, 6.07) is 83.3. The molecular weight excluding hydrogens is 1570 g/mol. The molecule has 0 unspecified atom stereocenters. The van der Waals surface area contributed by atoms with Crippen molar-refractivity contribution in [1.29, 1.82) is 0 Å². The lowest BCUT2D eigenvalue weighted by molar-refractivity contribution is 1.09. The highest BCUT2D eigenvalue weighted by atomic mass is 16.1. The number of fused-ring (bicyclic) bond motifs is 24. The minimum absolute atomic E-state index is 0.00744. The van der Waals surface area contributed by atoms with E-state index in [1.807, 2.05) is 200 Å². The highest BCUT2D eigenvalue weighted by Gasteiger charge is 2.26. The van der Waals surface area contributed by atoms with E-state index in [0.717, 1.165) is 159 Å². The van der Waals surface area contributed by atoms with Crippen LogP contribution < -0.4 is 27.8 Å². The first-order valence-corrected chi connectivity index (χ1v) is 43.5. The average molecular weight is 1660 g/mol. The van der Waals surface area contributed by atoms with Crippen molar-refractivity contribution in [2.24, 2.45) is 0 Å². The van der Waals surface area contributed by atoms with Gasteiger partial charge in [-0.15, -0.1) is 0 Å². The van der Waals surface area contributed by atoms with Crippen LogP contribution in [0.4, 0.5) is 0 Å². The van der Waals surface area contributed by atoms with Gasteiger partial charge in [-0.1, -0.05) is 283 Å². The molecule has 0 amide bonds. The first-order valence-electron chi connectivity index (χ1n) is 43.5. The van der Waals surface area contributed by atoms with E-state index >= 15 is 0 Å². The summed E-state index contributed by atoms with van der Waals surface area (Å²) in [6.45, 7) is 21.2. The third kappa shape index (κ3) is 14.0. The van der Waals surface area contributed by atoms with Gasteiger partial charge in [0.25, 0.3) is 27.8 Å². The number of hydrogen-bond acceptors (Lipinski definition) is 14. The fourth-order valence-corrected chi connectivity index (χ4v) is 17.5. The molecule has 1 aliphatic rings. The lowest BCUT2D eigenvalue weighted by atomic mass is 10.0. The number of nitrogens with zero attached hydrogens (tertiary/aromatic N) is 14. The maximum atomic E-state index is 13.4. The molecule has 0 atom stereocenters. The summed E-state index contributed by atoms with van der Waals surface area (Å²) in [7, 11) is 0. The first-order chi connectivity index (χ1) is 62.3. The number of hydrogen-bond donors (Lipinski definition) is 0. The number of rotatable bonds is 0. The van der Waals surface area contributed by atoms with Crippen LogP contribution >= 0.6 is 0 Å². The largest absolute Gasteiger partial charge is 0.268 e. The Balaban J connectivity index is 0.000000104. The average Bonchev–Trinajstić information content (AvgIpc) is 1.48. The lowest BCUT2D eigenvalue weighted by Gasteiger charge is -2.06. The van der Waals surface area contributed by atoms with Crippen LogP contribution in [0, 0.1) is 0 Å². The Morgan fingerprint density at radius 3 is 1.09 bits per heavy atom. The zero-order valence-corrected chi connectivity index (χ0v) is 72.3. The molecule has 622 valence electrons. The SMILES string of the molecule is CCC.CCC.CCC.CCC.CCC.O=c1c2cccc3cccc(c32)c2nc3c4c(ccc3n12)Cc1ccccc1-4.O=c1c2cccc3cccc(c32)c2nc3cccnc3n12.O=c1c2cccc3cccc(c32)c2nc3ccncc3n12.O=c1c2cccc3cccc(c32)c2nc3cnccc3n12.O=c1c2cccc3cccc(c32)c2nc3ncccc3n12. The molecule has 0 saturated heterocycles. The van der Waals surface area contributed by atoms with Crippen LogP contribution in [0.5, 0.6) is 0 Å². The molecule has 0 fully saturated rings. The van der Waals surface area contributed by atoms with Gasteiger partial charge in [0.1, 0.15) is 33.6 Å². The number of aromatic nitrogens is 14. The van der Waals surface area contributed by atoms with E-state index in [1.54, 1.807) is 59.2 Å². The summed E-state index contributed by atoms with van der Waals surface area (Å²) in [5, 5.41) is 18.9. The molecule has 0 radical (unpaired) electrons. The van der Waals surface area contributed by atoms with E-state index in [9.17, 15) is 24.0 Å². The van der Waals surface area contributed by atoms with Gasteiger partial charge >= 0.3 is 0 Å². The molecule has 127 heavy (non-hydrogen) atoms. The Kier molecular flexibility index (Phi) is 22.6. The zero-order chi connectivity index (χ0) is 87.8. The van der Waals surface area contributed by atoms with Gasteiger partial charge in [0.2, 0.25) is 0 Å². The highest BCUT2D eigenvalue weighted by Crippen LogP contribution is 2.43. The number of imidazole rings is 5. The van der Waals surface area contributed by atoms with Crippen molar-refractivity contribution in [2.45, 2.75) is 108 Å². The fourth-order valence-electron chi connectivity index (χ4n) is 17.5. The summed E-state index contributed by atoms with van der Waals surface area (Å²) < 4.78 is 8.44. The van der Waals surface area contributed by atoms with Gasteiger partial charge in [-0.25, -0.2) is 39.3 Å². The third-order valence-electron chi connectivity index (χ3n) is 22.2. The van der Waals surface area contributed by atoms with Gasteiger partial charge < -0.3 is 0 Å². The second-order valence-corrected chi connectivity index (χ2v) is 31.7. The van der Waals surface area contributed by atoms with Gasteiger partial charge in [0.05, 0.1) is 45.5 Å². The van der Waals surface area contributed by atoms with Crippen LogP contribution in [0.2, 0.25) is 0 Å². The first kappa shape index (κ1) is 82.2. The molecule has 0 N–H and O–H groups in total. The summed E-state index contributed by atoms with van der Waals surface area (Å²) >= 11 is 0. The van der Waals surface area contributed by atoms with E-state index in [2.05, 4.69) is 164 Å². The summed E-state index contributed by atoms with van der Waals surface area (Å²) in [6.07, 6.45) is 17.3.